The lowest BCUT2D eigenvalue weighted by molar-refractivity contribution is -0.356. The first-order chi connectivity index (χ1) is 18.5. The summed E-state index contributed by atoms with van der Waals surface area (Å²) in [6.45, 7) is 2.47. The first kappa shape index (κ1) is 28.4. The third-order valence-corrected chi connectivity index (χ3v) is 6.85. The molecule has 2 heterocycles. The molecule has 1 aromatic heterocycles. The van der Waals surface area contributed by atoms with Gasteiger partial charge in [0.1, 0.15) is 0 Å². The fourth-order valence-electron chi connectivity index (χ4n) is 4.54. The number of amides is 1. The van der Waals surface area contributed by atoms with Crippen LogP contribution in [0.4, 0.5) is 24.7 Å². The SMILES string of the molecule is CO\C1=C/C=C\C(C(=O)N2CCc3nc(Cl)nc([NH+]=C[C@H](C)c4cc(N)cc(C(F)(F)F)c4)c3C2)=C\CCC1. The van der Waals surface area contributed by atoms with Gasteiger partial charge in [-0.15, -0.1) is 0 Å². The molecule has 0 saturated carbocycles. The molecule has 4 rings (SSSR count). The Hall–Kier alpha value is -3.66. The smallest absolute Gasteiger partial charge is 0.416 e. The number of nitrogens with one attached hydrogen (secondary N) is 1. The number of alkyl halides is 3. The highest BCUT2D eigenvalue weighted by atomic mass is 35.5. The van der Waals surface area contributed by atoms with E-state index in [1.165, 1.54) is 6.07 Å². The minimum atomic E-state index is -4.50. The maximum atomic E-state index is 13.4. The highest BCUT2D eigenvalue weighted by Crippen LogP contribution is 2.33. The van der Waals surface area contributed by atoms with Gasteiger partial charge in [0.25, 0.3) is 5.91 Å². The average Bonchev–Trinajstić information content (AvgIpc) is 3.02. The lowest BCUT2D eigenvalue weighted by Crippen LogP contribution is -2.64. The number of benzene rings is 1. The van der Waals surface area contributed by atoms with E-state index in [2.05, 4.69) is 15.0 Å². The number of ether oxygens (including phenoxy) is 1. The number of nitrogens with zero attached hydrogens (tertiary/aromatic N) is 3. The molecule has 0 saturated heterocycles. The summed E-state index contributed by atoms with van der Waals surface area (Å²) < 4.78 is 45.1. The second kappa shape index (κ2) is 12.0. The standard InChI is InChI=1S/C28H29ClF3N5O2/c1-17(19-12-20(28(30,31)32)14-21(33)13-19)15-34-25-23-16-37(11-10-24(23)35-27(29)36-25)26(38)18-6-3-4-8-22(39-2)9-5-7-18/h5-7,9,12-15,17H,3-4,8,10-11,16,33H2,1-2H3/p+1/b7-5-,18-6-,22-9-,34-15?/t17-/m0/s1. The summed E-state index contributed by atoms with van der Waals surface area (Å²) in [5.41, 5.74) is 7.37. The first-order valence-electron chi connectivity index (χ1n) is 12.6. The minimum Gasteiger partial charge on any atom is -0.501 e. The zero-order chi connectivity index (χ0) is 28.2. The Balaban J connectivity index is 1.57. The van der Waals surface area contributed by atoms with Crippen LogP contribution in [0.1, 0.15) is 54.5 Å². The van der Waals surface area contributed by atoms with Crippen LogP contribution in [-0.2, 0) is 28.7 Å². The fourth-order valence-corrected chi connectivity index (χ4v) is 4.72. The van der Waals surface area contributed by atoms with Crippen molar-refractivity contribution in [1.82, 2.24) is 14.9 Å². The molecule has 1 aromatic carbocycles. The van der Waals surface area contributed by atoms with Crippen molar-refractivity contribution in [1.29, 1.82) is 0 Å². The highest BCUT2D eigenvalue weighted by molar-refractivity contribution is 6.28. The number of rotatable bonds is 5. The summed E-state index contributed by atoms with van der Waals surface area (Å²) in [7, 11) is 1.63. The second-order valence-corrected chi connectivity index (χ2v) is 9.81. The van der Waals surface area contributed by atoms with Crippen LogP contribution >= 0.6 is 11.6 Å². The summed E-state index contributed by atoms with van der Waals surface area (Å²) in [4.78, 5) is 26.9. The third kappa shape index (κ3) is 7.06. The van der Waals surface area contributed by atoms with E-state index >= 15 is 0 Å². The van der Waals surface area contributed by atoms with Crippen LogP contribution in [0, 0.1) is 0 Å². The van der Waals surface area contributed by atoms with Gasteiger partial charge in [0.2, 0.25) is 0 Å². The molecule has 206 valence electrons. The van der Waals surface area contributed by atoms with E-state index < -0.39 is 17.7 Å². The van der Waals surface area contributed by atoms with E-state index in [1.54, 1.807) is 31.2 Å². The van der Waals surface area contributed by atoms with E-state index in [0.29, 0.717) is 35.5 Å². The van der Waals surface area contributed by atoms with Crippen molar-refractivity contribution >= 4 is 35.2 Å². The summed E-state index contributed by atoms with van der Waals surface area (Å²) in [6.07, 6.45) is 7.43. The number of fused-ring (bicyclic) bond motifs is 1. The molecule has 1 atom stereocenters. The van der Waals surface area contributed by atoms with Crippen molar-refractivity contribution < 1.29 is 27.7 Å². The Labute approximate surface area is 229 Å². The maximum Gasteiger partial charge on any atom is 0.416 e. The molecule has 0 fully saturated rings. The molecule has 39 heavy (non-hydrogen) atoms. The molecule has 3 N–H and O–H groups in total. The van der Waals surface area contributed by atoms with Crippen LogP contribution in [0.15, 0.2) is 53.8 Å². The van der Waals surface area contributed by atoms with Crippen LogP contribution in [0.25, 0.3) is 0 Å². The largest absolute Gasteiger partial charge is 0.501 e. The topological polar surface area (TPSA) is 95.3 Å². The Morgan fingerprint density at radius 3 is 2.79 bits per heavy atom. The normalized spacial score (nSPS) is 20.5. The van der Waals surface area contributed by atoms with Crippen LogP contribution in [0.3, 0.4) is 0 Å². The number of carbonyl (C=O) groups is 1. The molecule has 7 nitrogen and oxygen atoms in total. The van der Waals surface area contributed by atoms with Gasteiger partial charge in [-0.2, -0.15) is 18.2 Å². The van der Waals surface area contributed by atoms with Gasteiger partial charge < -0.3 is 15.4 Å². The van der Waals surface area contributed by atoms with Crippen molar-refractivity contribution in [3.63, 3.8) is 0 Å². The number of hydrogen-bond donors (Lipinski definition) is 2. The van der Waals surface area contributed by atoms with E-state index in [1.807, 2.05) is 18.2 Å². The predicted octanol–water partition coefficient (Wildman–Crippen LogP) is 4.40. The number of carbonyl (C=O) groups excluding carboxylic acids is 1. The number of nitrogens with two attached hydrogens (primary N) is 1. The molecule has 2 aromatic rings. The monoisotopic (exact) mass is 560 g/mol. The van der Waals surface area contributed by atoms with Gasteiger partial charge in [0.05, 0.1) is 42.4 Å². The molecule has 1 aliphatic heterocycles. The number of halogens is 4. The Kier molecular flexibility index (Phi) is 8.74. The molecule has 0 unspecified atom stereocenters. The molecule has 0 radical (unpaired) electrons. The molecule has 0 bridgehead atoms. The Morgan fingerprint density at radius 1 is 1.26 bits per heavy atom. The third-order valence-electron chi connectivity index (χ3n) is 6.68. The average molecular weight is 561 g/mol. The van der Waals surface area contributed by atoms with E-state index in [4.69, 9.17) is 22.1 Å². The number of nitrogen functional groups attached to an aromatic ring is 1. The van der Waals surface area contributed by atoms with E-state index in [-0.39, 0.29) is 23.4 Å². The first-order valence-corrected chi connectivity index (χ1v) is 13.0. The van der Waals surface area contributed by atoms with Crippen molar-refractivity contribution in [2.45, 2.75) is 51.2 Å². The van der Waals surface area contributed by atoms with Gasteiger partial charge >= 0.3 is 17.3 Å². The van der Waals surface area contributed by atoms with E-state index in [9.17, 15) is 18.0 Å². The van der Waals surface area contributed by atoms with Crippen LogP contribution in [-0.4, -0.2) is 40.6 Å². The Morgan fingerprint density at radius 2 is 2.05 bits per heavy atom. The number of allylic oxidation sites excluding steroid dienone is 4. The maximum absolute atomic E-state index is 13.4. The molecular formula is C28H30ClF3N5O2+. The van der Waals surface area contributed by atoms with Gasteiger partial charge in [-0.3, -0.25) is 4.79 Å². The molecular weight excluding hydrogens is 531 g/mol. The summed E-state index contributed by atoms with van der Waals surface area (Å²) in [5.74, 6) is 0.715. The number of methoxy groups -OCH3 is 1. The molecule has 2 aliphatic rings. The zero-order valence-corrected chi connectivity index (χ0v) is 22.4. The quantitative estimate of drug-likeness (QED) is 0.321. The van der Waals surface area contributed by atoms with Crippen LogP contribution in [0.5, 0.6) is 0 Å². The predicted molar refractivity (Wildman–Crippen MR) is 143 cm³/mol. The number of hydrogen-bond acceptors (Lipinski definition) is 5. The molecule has 11 heteroatoms. The van der Waals surface area contributed by atoms with Crippen molar-refractivity contribution in [3.8, 4) is 0 Å². The number of anilines is 1. The van der Waals surface area contributed by atoms with Gasteiger partial charge in [-0.25, -0.2) is 4.99 Å². The van der Waals surface area contributed by atoms with Gasteiger partial charge in [-0.05, 0) is 65.3 Å². The summed E-state index contributed by atoms with van der Waals surface area (Å²) >= 11 is 6.17. The summed E-state index contributed by atoms with van der Waals surface area (Å²) in [6, 6.07) is 3.49. The molecule has 1 amide bonds. The van der Waals surface area contributed by atoms with Crippen LogP contribution < -0.4 is 10.7 Å². The Bertz CT molecular complexity index is 1370. The summed E-state index contributed by atoms with van der Waals surface area (Å²) in [5, 5.41) is 0.0445. The lowest BCUT2D eigenvalue weighted by Gasteiger charge is -2.27. The van der Waals surface area contributed by atoms with Crippen molar-refractivity contribution in [2.75, 3.05) is 19.4 Å². The molecule has 1 aliphatic carbocycles. The van der Waals surface area contributed by atoms with Gasteiger partial charge in [0.15, 0.2) is 0 Å². The lowest BCUT2D eigenvalue weighted by atomic mass is 9.99. The van der Waals surface area contributed by atoms with Crippen molar-refractivity contribution in [3.05, 3.63) is 81.5 Å². The number of aromatic nitrogens is 2. The van der Waals surface area contributed by atoms with E-state index in [0.717, 1.165) is 42.8 Å². The van der Waals surface area contributed by atoms with Crippen LogP contribution in [0.2, 0.25) is 5.28 Å². The second-order valence-electron chi connectivity index (χ2n) is 9.48. The van der Waals surface area contributed by atoms with Gasteiger partial charge in [0, 0.05) is 36.6 Å². The highest BCUT2D eigenvalue weighted by Gasteiger charge is 2.32. The minimum absolute atomic E-state index is 0.0268. The van der Waals surface area contributed by atoms with Crippen molar-refractivity contribution in [2.24, 2.45) is 0 Å². The van der Waals surface area contributed by atoms with Gasteiger partial charge in [-0.1, -0.05) is 19.1 Å². The molecule has 0 spiro atoms. The fraction of sp³-hybridized carbons (Fsp3) is 0.357. The zero-order valence-electron chi connectivity index (χ0n) is 21.7.